The molecule has 0 bridgehead atoms. The third-order valence-electron chi connectivity index (χ3n) is 3.09. The van der Waals surface area contributed by atoms with Gasteiger partial charge in [0.1, 0.15) is 5.75 Å². The van der Waals surface area contributed by atoms with Crippen molar-refractivity contribution in [3.63, 3.8) is 0 Å². The zero-order valence-electron chi connectivity index (χ0n) is 10.7. The molecule has 98 valence electrons. The Kier molecular flexibility index (Phi) is 4.59. The van der Waals surface area contributed by atoms with Crippen LogP contribution in [0.25, 0.3) is 0 Å². The number of ether oxygens (including phenoxy) is 1. The van der Waals surface area contributed by atoms with E-state index in [2.05, 4.69) is 10.6 Å². The van der Waals surface area contributed by atoms with Crippen molar-refractivity contribution in [2.75, 3.05) is 25.5 Å². The lowest BCUT2D eigenvalue weighted by atomic mass is 10.3. The highest BCUT2D eigenvalue weighted by Crippen LogP contribution is 2.31. The van der Waals surface area contributed by atoms with Gasteiger partial charge in [0.25, 0.3) is 0 Å². The number of carbonyl (C=O) groups excluding carboxylic acids is 1. The fourth-order valence-corrected chi connectivity index (χ4v) is 1.79. The fourth-order valence-electron chi connectivity index (χ4n) is 1.79. The molecule has 1 amide bonds. The standard InChI is InChI=1S/C14H20N2O2/c1-18-13-6-4-12(5-7-13)16-14(17)10-15-9-8-11-2-3-11/h4-7,11,15H,2-3,8-10H2,1H3,(H,16,17). The molecule has 0 unspecified atom stereocenters. The van der Waals surface area contributed by atoms with E-state index in [1.807, 2.05) is 24.3 Å². The number of hydrogen-bond acceptors (Lipinski definition) is 3. The third-order valence-corrected chi connectivity index (χ3v) is 3.09. The molecule has 1 aliphatic carbocycles. The average Bonchev–Trinajstić information content (AvgIpc) is 3.20. The number of rotatable bonds is 7. The Morgan fingerprint density at radius 3 is 2.67 bits per heavy atom. The molecule has 0 aromatic heterocycles. The van der Waals surface area contributed by atoms with Crippen molar-refractivity contribution in [2.45, 2.75) is 19.3 Å². The molecule has 2 rings (SSSR count). The Balaban J connectivity index is 1.65. The van der Waals surface area contributed by atoms with Crippen LogP contribution in [0.15, 0.2) is 24.3 Å². The molecule has 4 heteroatoms. The summed E-state index contributed by atoms with van der Waals surface area (Å²) in [5, 5.41) is 6.00. The van der Waals surface area contributed by atoms with E-state index >= 15 is 0 Å². The summed E-state index contributed by atoms with van der Waals surface area (Å²) in [4.78, 5) is 11.6. The van der Waals surface area contributed by atoms with Crippen LogP contribution < -0.4 is 15.4 Å². The van der Waals surface area contributed by atoms with Gasteiger partial charge in [0.2, 0.25) is 5.91 Å². The van der Waals surface area contributed by atoms with E-state index in [0.717, 1.165) is 23.9 Å². The van der Waals surface area contributed by atoms with Gasteiger partial charge in [0.05, 0.1) is 13.7 Å². The van der Waals surface area contributed by atoms with Crippen molar-refractivity contribution in [3.05, 3.63) is 24.3 Å². The normalized spacial score (nSPS) is 14.3. The van der Waals surface area contributed by atoms with Crippen LogP contribution in [0, 0.1) is 5.92 Å². The molecule has 1 aromatic rings. The predicted molar refractivity (Wildman–Crippen MR) is 71.8 cm³/mol. The van der Waals surface area contributed by atoms with Crippen LogP contribution in [0.4, 0.5) is 5.69 Å². The van der Waals surface area contributed by atoms with Crippen LogP contribution in [-0.4, -0.2) is 26.1 Å². The minimum absolute atomic E-state index is 0.00374. The molecular weight excluding hydrogens is 228 g/mol. The Labute approximate surface area is 108 Å². The second kappa shape index (κ2) is 6.40. The van der Waals surface area contributed by atoms with Gasteiger partial charge in [-0.25, -0.2) is 0 Å². The summed E-state index contributed by atoms with van der Waals surface area (Å²) in [6.45, 7) is 1.31. The number of methoxy groups -OCH3 is 1. The third kappa shape index (κ3) is 4.37. The molecular formula is C14H20N2O2. The van der Waals surface area contributed by atoms with Gasteiger partial charge in [-0.2, -0.15) is 0 Å². The quantitative estimate of drug-likeness (QED) is 0.726. The summed E-state index contributed by atoms with van der Waals surface area (Å²) in [6, 6.07) is 7.33. The van der Waals surface area contributed by atoms with Gasteiger partial charge in [0, 0.05) is 5.69 Å². The molecule has 0 aliphatic heterocycles. The first-order valence-electron chi connectivity index (χ1n) is 6.42. The lowest BCUT2D eigenvalue weighted by molar-refractivity contribution is -0.115. The van der Waals surface area contributed by atoms with Crippen molar-refractivity contribution in [2.24, 2.45) is 5.92 Å². The largest absolute Gasteiger partial charge is 0.497 e. The van der Waals surface area contributed by atoms with Gasteiger partial charge >= 0.3 is 0 Å². The molecule has 18 heavy (non-hydrogen) atoms. The van der Waals surface area contributed by atoms with Gasteiger partial charge in [-0.15, -0.1) is 0 Å². The van der Waals surface area contributed by atoms with Crippen LogP contribution in [0.3, 0.4) is 0 Å². The van der Waals surface area contributed by atoms with Gasteiger partial charge in [-0.1, -0.05) is 12.8 Å². The maximum absolute atomic E-state index is 11.6. The van der Waals surface area contributed by atoms with Crippen LogP contribution in [0.5, 0.6) is 5.75 Å². The molecule has 0 heterocycles. The Morgan fingerprint density at radius 2 is 2.06 bits per heavy atom. The van der Waals surface area contributed by atoms with E-state index in [9.17, 15) is 4.79 Å². The SMILES string of the molecule is COc1ccc(NC(=O)CNCCC2CC2)cc1. The topological polar surface area (TPSA) is 50.4 Å². The lowest BCUT2D eigenvalue weighted by Gasteiger charge is -2.07. The van der Waals surface area contributed by atoms with Gasteiger partial charge in [-0.05, 0) is 43.1 Å². The van der Waals surface area contributed by atoms with E-state index in [1.165, 1.54) is 19.3 Å². The first-order chi connectivity index (χ1) is 8.78. The maximum atomic E-state index is 11.6. The highest BCUT2D eigenvalue weighted by atomic mass is 16.5. The Bertz CT molecular complexity index is 385. The molecule has 1 aromatic carbocycles. The predicted octanol–water partition coefficient (Wildman–Crippen LogP) is 2.02. The van der Waals surface area contributed by atoms with E-state index in [0.29, 0.717) is 6.54 Å². The second-order valence-corrected chi connectivity index (χ2v) is 4.69. The van der Waals surface area contributed by atoms with E-state index in [1.54, 1.807) is 7.11 Å². The van der Waals surface area contributed by atoms with Crippen LogP contribution >= 0.6 is 0 Å². The zero-order chi connectivity index (χ0) is 12.8. The lowest BCUT2D eigenvalue weighted by Crippen LogP contribution is -2.28. The van der Waals surface area contributed by atoms with Crippen molar-refractivity contribution in [3.8, 4) is 5.75 Å². The molecule has 1 saturated carbocycles. The summed E-state index contributed by atoms with van der Waals surface area (Å²) in [5.41, 5.74) is 0.796. The summed E-state index contributed by atoms with van der Waals surface area (Å²) in [5.74, 6) is 1.69. The van der Waals surface area contributed by atoms with E-state index in [-0.39, 0.29) is 5.91 Å². The number of nitrogens with one attached hydrogen (secondary N) is 2. The maximum Gasteiger partial charge on any atom is 0.238 e. The molecule has 2 N–H and O–H groups in total. The zero-order valence-corrected chi connectivity index (χ0v) is 10.7. The first kappa shape index (κ1) is 12.9. The molecule has 0 spiro atoms. The molecule has 0 radical (unpaired) electrons. The number of hydrogen-bond donors (Lipinski definition) is 2. The number of amides is 1. The fraction of sp³-hybridized carbons (Fsp3) is 0.500. The van der Waals surface area contributed by atoms with Crippen molar-refractivity contribution < 1.29 is 9.53 Å². The van der Waals surface area contributed by atoms with Gasteiger partial charge < -0.3 is 15.4 Å². The molecule has 1 aliphatic rings. The minimum atomic E-state index is -0.00374. The van der Waals surface area contributed by atoms with Crippen molar-refractivity contribution >= 4 is 11.6 Å². The smallest absolute Gasteiger partial charge is 0.238 e. The highest BCUT2D eigenvalue weighted by Gasteiger charge is 2.20. The molecule has 0 atom stereocenters. The van der Waals surface area contributed by atoms with Gasteiger partial charge in [-0.3, -0.25) is 4.79 Å². The van der Waals surface area contributed by atoms with E-state index < -0.39 is 0 Å². The highest BCUT2D eigenvalue weighted by molar-refractivity contribution is 5.92. The number of benzene rings is 1. The molecule has 0 saturated heterocycles. The Hall–Kier alpha value is -1.55. The van der Waals surface area contributed by atoms with Crippen molar-refractivity contribution in [1.29, 1.82) is 0 Å². The molecule has 1 fully saturated rings. The number of carbonyl (C=O) groups is 1. The summed E-state index contributed by atoms with van der Waals surface area (Å²) in [6.07, 6.45) is 3.91. The van der Waals surface area contributed by atoms with Gasteiger partial charge in [0.15, 0.2) is 0 Å². The Morgan fingerprint density at radius 1 is 1.33 bits per heavy atom. The monoisotopic (exact) mass is 248 g/mol. The van der Waals surface area contributed by atoms with Crippen LogP contribution in [0.1, 0.15) is 19.3 Å². The first-order valence-corrected chi connectivity index (χ1v) is 6.42. The summed E-state index contributed by atoms with van der Waals surface area (Å²) in [7, 11) is 1.62. The number of anilines is 1. The van der Waals surface area contributed by atoms with Crippen molar-refractivity contribution in [1.82, 2.24) is 5.32 Å². The van der Waals surface area contributed by atoms with Crippen LogP contribution in [-0.2, 0) is 4.79 Å². The second-order valence-electron chi connectivity index (χ2n) is 4.69. The van der Waals surface area contributed by atoms with Crippen LogP contribution in [0.2, 0.25) is 0 Å². The van der Waals surface area contributed by atoms with E-state index in [4.69, 9.17) is 4.74 Å². The summed E-state index contributed by atoms with van der Waals surface area (Å²) < 4.78 is 5.06. The average molecular weight is 248 g/mol. The molecule has 4 nitrogen and oxygen atoms in total. The minimum Gasteiger partial charge on any atom is -0.497 e. The summed E-state index contributed by atoms with van der Waals surface area (Å²) >= 11 is 0.